The second kappa shape index (κ2) is 11.8. The summed E-state index contributed by atoms with van der Waals surface area (Å²) in [5, 5.41) is 3.45. The van der Waals surface area contributed by atoms with Gasteiger partial charge in [0.1, 0.15) is 6.10 Å². The minimum absolute atomic E-state index is 0.134. The lowest BCUT2D eigenvalue weighted by Gasteiger charge is -2.37. The van der Waals surface area contributed by atoms with Crippen molar-refractivity contribution in [2.24, 2.45) is 4.99 Å². The highest BCUT2D eigenvalue weighted by Crippen LogP contribution is 2.21. The fraction of sp³-hybridized carbons (Fsp3) is 0.708. The van der Waals surface area contributed by atoms with E-state index in [0.717, 1.165) is 77.7 Å². The van der Waals surface area contributed by atoms with E-state index in [1.165, 1.54) is 11.1 Å². The number of hydrogen-bond donors (Lipinski definition) is 1. The van der Waals surface area contributed by atoms with Crippen molar-refractivity contribution in [3.05, 3.63) is 35.4 Å². The SMILES string of the molecule is CCNC(=NCc1ccc(COC2CCOCC2)cc1)N1CCOC(C2CCCO2)C1. The highest BCUT2D eigenvalue weighted by molar-refractivity contribution is 5.80. The number of guanidine groups is 1. The van der Waals surface area contributed by atoms with E-state index in [9.17, 15) is 0 Å². The zero-order valence-electron chi connectivity index (χ0n) is 18.8. The molecule has 1 aromatic carbocycles. The van der Waals surface area contributed by atoms with Gasteiger partial charge in [0, 0.05) is 39.5 Å². The predicted molar refractivity (Wildman–Crippen MR) is 120 cm³/mol. The van der Waals surface area contributed by atoms with Gasteiger partial charge in [-0.25, -0.2) is 4.99 Å². The Balaban J connectivity index is 1.30. The molecular formula is C24H37N3O4. The van der Waals surface area contributed by atoms with E-state index in [1.807, 2.05) is 0 Å². The van der Waals surface area contributed by atoms with E-state index in [2.05, 4.69) is 41.4 Å². The highest BCUT2D eigenvalue weighted by Gasteiger charge is 2.32. The fourth-order valence-electron chi connectivity index (χ4n) is 4.38. The molecule has 172 valence electrons. The number of aliphatic imine (C=N–C) groups is 1. The maximum Gasteiger partial charge on any atom is 0.194 e. The molecule has 3 aliphatic heterocycles. The predicted octanol–water partition coefficient (Wildman–Crippen LogP) is 2.73. The molecule has 0 saturated carbocycles. The van der Waals surface area contributed by atoms with Gasteiger partial charge in [0.25, 0.3) is 0 Å². The van der Waals surface area contributed by atoms with Crippen molar-refractivity contribution in [3.63, 3.8) is 0 Å². The van der Waals surface area contributed by atoms with Crippen LogP contribution >= 0.6 is 0 Å². The van der Waals surface area contributed by atoms with E-state index in [0.29, 0.717) is 19.3 Å². The van der Waals surface area contributed by atoms with Crippen LogP contribution in [0.15, 0.2) is 29.3 Å². The lowest BCUT2D eigenvalue weighted by atomic mass is 10.1. The van der Waals surface area contributed by atoms with Crippen molar-refractivity contribution < 1.29 is 18.9 Å². The first-order valence-corrected chi connectivity index (χ1v) is 11.9. The van der Waals surface area contributed by atoms with Gasteiger partial charge in [0.15, 0.2) is 5.96 Å². The smallest absolute Gasteiger partial charge is 0.194 e. The van der Waals surface area contributed by atoms with E-state index < -0.39 is 0 Å². The summed E-state index contributed by atoms with van der Waals surface area (Å²) in [4.78, 5) is 7.22. The Labute approximate surface area is 186 Å². The van der Waals surface area contributed by atoms with Gasteiger partial charge in [0.05, 0.1) is 32.0 Å². The maximum absolute atomic E-state index is 6.02. The number of ether oxygens (including phenoxy) is 4. The van der Waals surface area contributed by atoms with Gasteiger partial charge in [-0.2, -0.15) is 0 Å². The molecule has 3 saturated heterocycles. The second-order valence-corrected chi connectivity index (χ2v) is 8.52. The van der Waals surface area contributed by atoms with Gasteiger partial charge in [-0.15, -0.1) is 0 Å². The lowest BCUT2D eigenvalue weighted by Crippen LogP contribution is -2.53. The number of rotatable bonds is 7. The normalized spacial score (nSPS) is 25.7. The van der Waals surface area contributed by atoms with Crippen LogP contribution in [0.5, 0.6) is 0 Å². The summed E-state index contributed by atoms with van der Waals surface area (Å²) >= 11 is 0. The minimum Gasteiger partial charge on any atom is -0.381 e. The summed E-state index contributed by atoms with van der Waals surface area (Å²) in [6.45, 7) is 9.17. The molecule has 4 rings (SSSR count). The quantitative estimate of drug-likeness (QED) is 0.529. The summed E-state index contributed by atoms with van der Waals surface area (Å²) in [5.74, 6) is 0.959. The Morgan fingerprint density at radius 2 is 1.81 bits per heavy atom. The standard InChI is InChI=1S/C24H37N3O4/c1-2-25-24(27-11-15-30-23(17-27)22-4-3-12-29-22)26-16-19-5-7-20(8-6-19)18-31-21-9-13-28-14-10-21/h5-8,21-23H,2-4,9-18H2,1H3,(H,25,26). The molecule has 3 heterocycles. The van der Waals surface area contributed by atoms with Crippen molar-refractivity contribution >= 4 is 5.96 Å². The zero-order valence-corrected chi connectivity index (χ0v) is 18.8. The molecule has 0 radical (unpaired) electrons. The van der Waals surface area contributed by atoms with Gasteiger partial charge in [-0.1, -0.05) is 24.3 Å². The molecule has 1 aromatic rings. The number of morpholine rings is 1. The Kier molecular flexibility index (Phi) is 8.58. The van der Waals surface area contributed by atoms with Crippen LogP contribution < -0.4 is 5.32 Å². The highest BCUT2D eigenvalue weighted by atomic mass is 16.5. The van der Waals surface area contributed by atoms with Crippen molar-refractivity contribution in [1.82, 2.24) is 10.2 Å². The van der Waals surface area contributed by atoms with Gasteiger partial charge in [0.2, 0.25) is 0 Å². The number of benzene rings is 1. The zero-order chi connectivity index (χ0) is 21.3. The first kappa shape index (κ1) is 22.5. The molecule has 0 aliphatic carbocycles. The Hall–Kier alpha value is -1.67. The van der Waals surface area contributed by atoms with Crippen LogP contribution in [0.25, 0.3) is 0 Å². The largest absolute Gasteiger partial charge is 0.381 e. The Bertz CT molecular complexity index is 685. The summed E-state index contributed by atoms with van der Waals surface area (Å²) in [6, 6.07) is 8.62. The van der Waals surface area contributed by atoms with Gasteiger partial charge in [-0.3, -0.25) is 0 Å². The molecule has 7 heteroatoms. The van der Waals surface area contributed by atoms with Crippen molar-refractivity contribution in [1.29, 1.82) is 0 Å². The van der Waals surface area contributed by atoms with E-state index >= 15 is 0 Å². The van der Waals surface area contributed by atoms with Crippen LogP contribution in [0.1, 0.15) is 43.7 Å². The molecule has 0 spiro atoms. The van der Waals surface area contributed by atoms with Crippen molar-refractivity contribution in [2.75, 3.05) is 46.1 Å². The Morgan fingerprint density at radius 1 is 1.03 bits per heavy atom. The molecule has 3 aliphatic rings. The molecule has 3 fully saturated rings. The summed E-state index contributed by atoms with van der Waals surface area (Å²) < 4.78 is 23.3. The van der Waals surface area contributed by atoms with Gasteiger partial charge in [-0.05, 0) is 43.7 Å². The number of nitrogens with zero attached hydrogens (tertiary/aromatic N) is 2. The second-order valence-electron chi connectivity index (χ2n) is 8.52. The van der Waals surface area contributed by atoms with Crippen LogP contribution in [0, 0.1) is 0 Å². The third-order valence-electron chi connectivity index (χ3n) is 6.20. The van der Waals surface area contributed by atoms with Gasteiger partial charge < -0.3 is 29.2 Å². The lowest BCUT2D eigenvalue weighted by molar-refractivity contribution is -0.0817. The summed E-state index contributed by atoms with van der Waals surface area (Å²) in [7, 11) is 0. The summed E-state index contributed by atoms with van der Waals surface area (Å²) in [6.07, 6.45) is 4.90. The molecule has 2 unspecified atom stereocenters. The van der Waals surface area contributed by atoms with Crippen molar-refractivity contribution in [3.8, 4) is 0 Å². The van der Waals surface area contributed by atoms with Gasteiger partial charge >= 0.3 is 0 Å². The van der Waals surface area contributed by atoms with E-state index in [-0.39, 0.29) is 12.2 Å². The first-order valence-electron chi connectivity index (χ1n) is 11.9. The molecule has 0 aromatic heterocycles. The average Bonchev–Trinajstić information content (AvgIpc) is 3.37. The average molecular weight is 432 g/mol. The van der Waals surface area contributed by atoms with Crippen LogP contribution in [0.2, 0.25) is 0 Å². The Morgan fingerprint density at radius 3 is 2.55 bits per heavy atom. The third kappa shape index (κ3) is 6.65. The number of hydrogen-bond acceptors (Lipinski definition) is 5. The molecule has 1 N–H and O–H groups in total. The third-order valence-corrected chi connectivity index (χ3v) is 6.20. The fourth-order valence-corrected chi connectivity index (χ4v) is 4.38. The maximum atomic E-state index is 6.02. The van der Waals surface area contributed by atoms with E-state index in [1.54, 1.807) is 0 Å². The number of nitrogens with one attached hydrogen (secondary N) is 1. The first-order chi connectivity index (χ1) is 15.3. The van der Waals surface area contributed by atoms with Crippen LogP contribution in [0.4, 0.5) is 0 Å². The van der Waals surface area contributed by atoms with Crippen molar-refractivity contribution in [2.45, 2.75) is 64.1 Å². The molecule has 31 heavy (non-hydrogen) atoms. The van der Waals surface area contributed by atoms with Crippen LogP contribution in [-0.4, -0.2) is 75.2 Å². The van der Waals surface area contributed by atoms with Crippen LogP contribution in [0.3, 0.4) is 0 Å². The topological polar surface area (TPSA) is 64.6 Å². The molecule has 0 bridgehead atoms. The molecule has 0 amide bonds. The van der Waals surface area contributed by atoms with E-state index in [4.69, 9.17) is 23.9 Å². The monoisotopic (exact) mass is 431 g/mol. The molecule has 2 atom stereocenters. The molecule has 7 nitrogen and oxygen atoms in total. The minimum atomic E-state index is 0.134. The van der Waals surface area contributed by atoms with Crippen LogP contribution in [-0.2, 0) is 32.1 Å². The summed E-state index contributed by atoms with van der Waals surface area (Å²) in [5.41, 5.74) is 2.41. The molecular weight excluding hydrogens is 394 g/mol.